The molecule has 0 bridgehead atoms. The van der Waals surface area contributed by atoms with E-state index in [9.17, 15) is 14.4 Å². The number of rotatable bonds is 4. The Kier molecular flexibility index (Phi) is 4.16. The second kappa shape index (κ2) is 6.28. The summed E-state index contributed by atoms with van der Waals surface area (Å²) in [6, 6.07) is 15.8. The molecule has 2 aromatic carbocycles. The molecule has 0 aliphatic carbocycles. The lowest BCUT2D eigenvalue weighted by Crippen LogP contribution is -2.52. The normalized spacial score (nSPS) is 19.1. The number of fused-ring (bicyclic) bond motifs is 1. The predicted octanol–water partition coefficient (Wildman–Crippen LogP) is 2.16. The summed E-state index contributed by atoms with van der Waals surface area (Å²) in [6.07, 6.45) is 0.278. The maximum Gasteiger partial charge on any atom is 0.339 e. The third kappa shape index (κ3) is 3.06. The Hall–Kier alpha value is -2.95. The average Bonchev–Trinajstić information content (AvgIpc) is 2.60. The first-order valence-electron chi connectivity index (χ1n) is 7.67. The molecule has 0 spiro atoms. The zero-order chi connectivity index (χ0) is 17.2. The van der Waals surface area contributed by atoms with Crippen molar-refractivity contribution in [1.29, 1.82) is 0 Å². The van der Waals surface area contributed by atoms with Crippen molar-refractivity contribution >= 4 is 17.7 Å². The van der Waals surface area contributed by atoms with Crippen molar-refractivity contribution in [3.63, 3.8) is 0 Å². The van der Waals surface area contributed by atoms with Crippen LogP contribution in [-0.2, 0) is 16.0 Å². The lowest BCUT2D eigenvalue weighted by Gasteiger charge is -2.32. The third-order valence-corrected chi connectivity index (χ3v) is 4.07. The summed E-state index contributed by atoms with van der Waals surface area (Å²) in [5.41, 5.74) is 0.445. The Morgan fingerprint density at radius 1 is 1.08 bits per heavy atom. The van der Waals surface area contributed by atoms with Gasteiger partial charge in [-0.3, -0.25) is 9.59 Å². The van der Waals surface area contributed by atoms with E-state index in [1.165, 1.54) is 0 Å². The van der Waals surface area contributed by atoms with Crippen LogP contribution in [-0.4, -0.2) is 29.8 Å². The van der Waals surface area contributed by atoms with Crippen molar-refractivity contribution in [3.8, 4) is 0 Å². The molecule has 1 unspecified atom stereocenters. The van der Waals surface area contributed by atoms with E-state index in [1.807, 2.05) is 12.1 Å². The highest BCUT2D eigenvalue weighted by Crippen LogP contribution is 2.28. The van der Waals surface area contributed by atoms with E-state index in [1.54, 1.807) is 49.4 Å². The predicted molar refractivity (Wildman–Crippen MR) is 87.7 cm³/mol. The lowest BCUT2D eigenvalue weighted by atomic mass is 9.89. The molecule has 1 N–H and O–H groups in total. The molecule has 0 radical (unpaired) electrons. The van der Waals surface area contributed by atoms with Crippen molar-refractivity contribution in [2.45, 2.75) is 18.9 Å². The minimum atomic E-state index is -1.32. The van der Waals surface area contributed by atoms with Crippen LogP contribution in [0.25, 0.3) is 0 Å². The Balaban J connectivity index is 1.69. The molecule has 0 saturated heterocycles. The second-order valence-electron chi connectivity index (χ2n) is 5.93. The number of ether oxygens (including phenoxy) is 1. The van der Waals surface area contributed by atoms with Gasteiger partial charge in [-0.1, -0.05) is 48.5 Å². The Bertz CT molecular complexity index is 800. The molecule has 1 atom stereocenters. The van der Waals surface area contributed by atoms with Crippen molar-refractivity contribution in [1.82, 2.24) is 5.32 Å². The third-order valence-electron chi connectivity index (χ3n) is 4.07. The van der Waals surface area contributed by atoms with Crippen molar-refractivity contribution < 1.29 is 19.1 Å². The first-order chi connectivity index (χ1) is 11.5. The SMILES string of the molecule is CC1(C(=O)NCC(=O)c2ccccc2)Cc2ccccc2C(=O)O1. The van der Waals surface area contributed by atoms with Crippen LogP contribution in [0.2, 0.25) is 0 Å². The Morgan fingerprint density at radius 2 is 1.75 bits per heavy atom. The van der Waals surface area contributed by atoms with E-state index in [-0.39, 0.29) is 18.7 Å². The van der Waals surface area contributed by atoms with Gasteiger partial charge >= 0.3 is 5.97 Å². The molecule has 0 fully saturated rings. The maximum absolute atomic E-state index is 12.5. The van der Waals surface area contributed by atoms with Gasteiger partial charge in [0.2, 0.25) is 0 Å². The monoisotopic (exact) mass is 323 g/mol. The van der Waals surface area contributed by atoms with E-state index in [2.05, 4.69) is 5.32 Å². The lowest BCUT2D eigenvalue weighted by molar-refractivity contribution is -0.139. The number of hydrogen-bond donors (Lipinski definition) is 1. The summed E-state index contributed by atoms with van der Waals surface area (Å²) in [4.78, 5) is 36.6. The first-order valence-corrected chi connectivity index (χ1v) is 7.67. The first kappa shape index (κ1) is 15.9. The van der Waals surface area contributed by atoms with Gasteiger partial charge in [0.25, 0.3) is 5.91 Å². The minimum Gasteiger partial charge on any atom is -0.445 e. The number of cyclic esters (lactones) is 1. The highest BCUT2D eigenvalue weighted by atomic mass is 16.6. The standard InChI is InChI=1S/C19H17NO4/c1-19(11-14-9-5-6-10-15(14)17(22)24-19)18(23)20-12-16(21)13-7-3-2-4-8-13/h2-10H,11-12H2,1H3,(H,20,23). The number of nitrogens with one attached hydrogen (secondary N) is 1. The van der Waals surface area contributed by atoms with Crippen molar-refractivity contribution in [2.24, 2.45) is 0 Å². The van der Waals surface area contributed by atoms with Gasteiger partial charge in [0.1, 0.15) is 0 Å². The summed E-state index contributed by atoms with van der Waals surface area (Å²) in [5, 5.41) is 2.58. The van der Waals surface area contributed by atoms with Crippen LogP contribution in [0.3, 0.4) is 0 Å². The van der Waals surface area contributed by atoms with Gasteiger partial charge < -0.3 is 10.1 Å². The molecule has 122 valence electrons. The molecule has 5 nitrogen and oxygen atoms in total. The molecular weight excluding hydrogens is 306 g/mol. The van der Waals surface area contributed by atoms with E-state index in [4.69, 9.17) is 4.74 Å². The van der Waals surface area contributed by atoms with E-state index in [0.717, 1.165) is 5.56 Å². The number of amides is 1. The minimum absolute atomic E-state index is 0.141. The van der Waals surface area contributed by atoms with E-state index in [0.29, 0.717) is 11.1 Å². The van der Waals surface area contributed by atoms with E-state index < -0.39 is 17.5 Å². The van der Waals surface area contributed by atoms with Crippen LogP contribution in [0.5, 0.6) is 0 Å². The molecule has 3 rings (SSSR count). The van der Waals surface area contributed by atoms with Crippen LogP contribution >= 0.6 is 0 Å². The zero-order valence-corrected chi connectivity index (χ0v) is 13.2. The number of ketones is 1. The van der Waals surface area contributed by atoms with Gasteiger partial charge in [-0.2, -0.15) is 0 Å². The molecule has 1 heterocycles. The molecule has 0 aromatic heterocycles. The number of hydrogen-bond acceptors (Lipinski definition) is 4. The van der Waals surface area contributed by atoms with Gasteiger partial charge in [0.15, 0.2) is 11.4 Å². The van der Waals surface area contributed by atoms with Crippen LogP contribution in [0, 0.1) is 0 Å². The van der Waals surface area contributed by atoms with Crippen LogP contribution < -0.4 is 5.32 Å². The molecular formula is C19H17NO4. The van der Waals surface area contributed by atoms with Crippen molar-refractivity contribution in [2.75, 3.05) is 6.54 Å². The van der Waals surface area contributed by atoms with Crippen LogP contribution in [0.4, 0.5) is 0 Å². The summed E-state index contributed by atoms with van der Waals surface area (Å²) < 4.78 is 5.34. The van der Waals surface area contributed by atoms with Gasteiger partial charge in [0.05, 0.1) is 12.1 Å². The van der Waals surface area contributed by atoms with Crippen LogP contribution in [0.15, 0.2) is 54.6 Å². The summed E-state index contributed by atoms with van der Waals surface area (Å²) in [5.74, 6) is -1.20. The Morgan fingerprint density at radius 3 is 2.50 bits per heavy atom. The van der Waals surface area contributed by atoms with Gasteiger partial charge in [-0.05, 0) is 18.6 Å². The fourth-order valence-electron chi connectivity index (χ4n) is 2.73. The van der Waals surface area contributed by atoms with Gasteiger partial charge in [-0.15, -0.1) is 0 Å². The summed E-state index contributed by atoms with van der Waals surface area (Å²) in [7, 11) is 0. The highest BCUT2D eigenvalue weighted by Gasteiger charge is 2.42. The number of carbonyl (C=O) groups excluding carboxylic acids is 3. The molecule has 0 saturated carbocycles. The molecule has 1 aliphatic rings. The fraction of sp³-hybridized carbons (Fsp3) is 0.211. The largest absolute Gasteiger partial charge is 0.445 e. The number of benzene rings is 2. The fourth-order valence-corrected chi connectivity index (χ4v) is 2.73. The quantitative estimate of drug-likeness (QED) is 0.691. The van der Waals surface area contributed by atoms with Crippen molar-refractivity contribution in [3.05, 3.63) is 71.3 Å². The van der Waals surface area contributed by atoms with E-state index >= 15 is 0 Å². The van der Waals surface area contributed by atoms with Gasteiger partial charge in [-0.25, -0.2) is 4.79 Å². The number of carbonyl (C=O) groups is 3. The summed E-state index contributed by atoms with van der Waals surface area (Å²) >= 11 is 0. The molecule has 1 aliphatic heterocycles. The number of Topliss-reactive ketones (excluding diaryl/α,β-unsaturated/α-hetero) is 1. The zero-order valence-electron chi connectivity index (χ0n) is 13.2. The topological polar surface area (TPSA) is 72.5 Å². The smallest absolute Gasteiger partial charge is 0.339 e. The maximum atomic E-state index is 12.5. The number of esters is 1. The average molecular weight is 323 g/mol. The van der Waals surface area contributed by atoms with Crippen LogP contribution in [0.1, 0.15) is 33.2 Å². The molecule has 1 amide bonds. The molecule has 5 heteroatoms. The molecule has 2 aromatic rings. The van der Waals surface area contributed by atoms with Gasteiger partial charge in [0, 0.05) is 12.0 Å². The Labute approximate surface area is 139 Å². The summed E-state index contributed by atoms with van der Waals surface area (Å²) in [6.45, 7) is 1.42. The molecule has 24 heavy (non-hydrogen) atoms. The highest BCUT2D eigenvalue weighted by molar-refractivity contribution is 6.01. The second-order valence-corrected chi connectivity index (χ2v) is 5.93.